The van der Waals surface area contributed by atoms with Gasteiger partial charge in [-0.15, -0.1) is 0 Å². The van der Waals surface area contributed by atoms with Gasteiger partial charge in [-0.2, -0.15) is 5.10 Å². The molecule has 1 N–H and O–H groups in total. The zero-order chi connectivity index (χ0) is 18.1. The molecule has 3 aromatic heterocycles. The molecular weight excluding hydrogens is 334 g/mol. The van der Waals surface area contributed by atoms with Crippen molar-refractivity contribution in [1.82, 2.24) is 15.2 Å². The second-order valence-corrected chi connectivity index (χ2v) is 5.62. The van der Waals surface area contributed by atoms with Gasteiger partial charge in [-0.1, -0.05) is 0 Å². The molecule has 7 heteroatoms. The van der Waals surface area contributed by atoms with Gasteiger partial charge in [0.25, 0.3) is 0 Å². The predicted molar refractivity (Wildman–Crippen MR) is 96.7 cm³/mol. The number of benzene rings is 1. The lowest BCUT2D eigenvalue weighted by Crippen LogP contribution is -1.95. The fourth-order valence-corrected chi connectivity index (χ4v) is 2.85. The van der Waals surface area contributed by atoms with Crippen molar-refractivity contribution in [3.05, 3.63) is 42.9 Å². The second-order valence-electron chi connectivity index (χ2n) is 5.62. The molecule has 0 bridgehead atoms. The summed E-state index contributed by atoms with van der Waals surface area (Å²) in [7, 11) is 4.74. The first-order valence-corrected chi connectivity index (χ1v) is 7.92. The van der Waals surface area contributed by atoms with Crippen LogP contribution in [0.3, 0.4) is 0 Å². The summed E-state index contributed by atoms with van der Waals surface area (Å²) in [5.74, 6) is 2.33. The Morgan fingerprint density at radius 2 is 1.62 bits per heavy atom. The Hall–Kier alpha value is -3.48. The first kappa shape index (κ1) is 16.0. The van der Waals surface area contributed by atoms with Crippen molar-refractivity contribution in [3.63, 3.8) is 0 Å². The quantitative estimate of drug-likeness (QED) is 0.587. The zero-order valence-corrected chi connectivity index (χ0v) is 14.6. The molecule has 0 atom stereocenters. The molecule has 132 valence electrons. The molecule has 0 saturated heterocycles. The highest BCUT2D eigenvalue weighted by molar-refractivity contribution is 5.83. The van der Waals surface area contributed by atoms with Crippen LogP contribution < -0.4 is 14.2 Å². The Morgan fingerprint density at radius 3 is 2.23 bits per heavy atom. The van der Waals surface area contributed by atoms with Gasteiger partial charge in [-0.05, 0) is 18.2 Å². The number of rotatable bonds is 5. The van der Waals surface area contributed by atoms with E-state index in [-0.39, 0.29) is 0 Å². The summed E-state index contributed by atoms with van der Waals surface area (Å²) in [6.07, 6.45) is 5.35. The Kier molecular flexibility index (Phi) is 3.96. The lowest BCUT2D eigenvalue weighted by molar-refractivity contribution is 0.324. The van der Waals surface area contributed by atoms with E-state index in [0.29, 0.717) is 28.6 Å². The number of pyridine rings is 1. The molecule has 4 aromatic rings. The topological polar surface area (TPSA) is 82.4 Å². The third-order valence-corrected chi connectivity index (χ3v) is 4.15. The first-order chi connectivity index (χ1) is 12.7. The van der Waals surface area contributed by atoms with Gasteiger partial charge in [-0.3, -0.25) is 10.1 Å². The van der Waals surface area contributed by atoms with Gasteiger partial charge in [0.1, 0.15) is 11.3 Å². The number of ether oxygens (including phenoxy) is 3. The maximum absolute atomic E-state index is 6.02. The summed E-state index contributed by atoms with van der Waals surface area (Å²) >= 11 is 0. The van der Waals surface area contributed by atoms with E-state index in [9.17, 15) is 0 Å². The average molecular weight is 351 g/mol. The van der Waals surface area contributed by atoms with Crippen molar-refractivity contribution in [2.45, 2.75) is 0 Å². The third kappa shape index (κ3) is 2.63. The molecule has 7 nitrogen and oxygen atoms in total. The number of aromatic amines is 1. The first-order valence-electron chi connectivity index (χ1n) is 7.92. The van der Waals surface area contributed by atoms with Crippen LogP contribution in [0.25, 0.3) is 33.6 Å². The van der Waals surface area contributed by atoms with Crippen molar-refractivity contribution in [2.24, 2.45) is 0 Å². The van der Waals surface area contributed by atoms with E-state index in [1.165, 1.54) is 0 Å². The van der Waals surface area contributed by atoms with E-state index in [2.05, 4.69) is 15.2 Å². The van der Waals surface area contributed by atoms with Crippen LogP contribution in [0.2, 0.25) is 0 Å². The number of fused-ring (bicyclic) bond motifs is 1. The van der Waals surface area contributed by atoms with Crippen LogP contribution in [0, 0.1) is 0 Å². The van der Waals surface area contributed by atoms with Crippen LogP contribution in [0.4, 0.5) is 0 Å². The molecule has 0 radical (unpaired) electrons. The van der Waals surface area contributed by atoms with Gasteiger partial charge < -0.3 is 18.6 Å². The summed E-state index contributed by atoms with van der Waals surface area (Å²) < 4.78 is 22.2. The van der Waals surface area contributed by atoms with Gasteiger partial charge >= 0.3 is 0 Å². The minimum Gasteiger partial charge on any atom is -0.493 e. The summed E-state index contributed by atoms with van der Waals surface area (Å²) in [5.41, 5.74) is 4.14. The lowest BCUT2D eigenvalue weighted by Gasteiger charge is -2.13. The highest BCUT2D eigenvalue weighted by Crippen LogP contribution is 2.42. The maximum Gasteiger partial charge on any atom is 0.203 e. The minimum atomic E-state index is 0.537. The van der Waals surface area contributed by atoms with E-state index in [0.717, 1.165) is 22.2 Å². The number of furan rings is 1. The number of aromatic nitrogens is 3. The van der Waals surface area contributed by atoms with Crippen LogP contribution >= 0.6 is 0 Å². The van der Waals surface area contributed by atoms with Gasteiger partial charge in [-0.25, -0.2) is 0 Å². The van der Waals surface area contributed by atoms with Crippen molar-refractivity contribution in [1.29, 1.82) is 0 Å². The third-order valence-electron chi connectivity index (χ3n) is 4.15. The highest BCUT2D eigenvalue weighted by Gasteiger charge is 2.17. The van der Waals surface area contributed by atoms with Gasteiger partial charge in [0.05, 0.1) is 27.5 Å². The van der Waals surface area contributed by atoms with E-state index in [1.807, 2.05) is 30.5 Å². The van der Waals surface area contributed by atoms with Gasteiger partial charge in [0.15, 0.2) is 17.1 Å². The molecule has 0 amide bonds. The molecule has 1 aromatic carbocycles. The van der Waals surface area contributed by atoms with Crippen molar-refractivity contribution in [3.8, 4) is 39.7 Å². The lowest BCUT2D eigenvalue weighted by atomic mass is 10.1. The molecule has 3 heterocycles. The minimum absolute atomic E-state index is 0.537. The molecule has 0 spiro atoms. The number of nitrogens with zero attached hydrogens (tertiary/aromatic N) is 2. The van der Waals surface area contributed by atoms with E-state index < -0.39 is 0 Å². The molecule has 0 unspecified atom stereocenters. The molecule has 0 saturated carbocycles. The largest absolute Gasteiger partial charge is 0.493 e. The summed E-state index contributed by atoms with van der Waals surface area (Å²) in [5, 5.41) is 6.76. The van der Waals surface area contributed by atoms with Gasteiger partial charge in [0, 0.05) is 35.2 Å². The number of methoxy groups -OCH3 is 3. The van der Waals surface area contributed by atoms with E-state index >= 15 is 0 Å². The Bertz CT molecular complexity index is 1030. The molecular formula is C19H17N3O4. The maximum atomic E-state index is 6.02. The molecule has 0 fully saturated rings. The van der Waals surface area contributed by atoms with Gasteiger partial charge in [0.2, 0.25) is 5.75 Å². The molecule has 0 aliphatic rings. The molecule has 26 heavy (non-hydrogen) atoms. The van der Waals surface area contributed by atoms with Crippen molar-refractivity contribution < 1.29 is 18.6 Å². The van der Waals surface area contributed by atoms with Crippen LogP contribution in [0.15, 0.2) is 47.3 Å². The second kappa shape index (κ2) is 6.44. The standard InChI is InChI=1S/C19H17N3O4/c1-23-17-4-11(5-18(24-2)19(17)25-3)15-7-14-16(26-15)6-12(8-20-14)13-9-21-22-10-13/h4-10H,1-3H3,(H,21,22). The molecule has 0 aliphatic carbocycles. The summed E-state index contributed by atoms with van der Waals surface area (Å²) in [6, 6.07) is 7.51. The Morgan fingerprint density at radius 1 is 0.846 bits per heavy atom. The van der Waals surface area contributed by atoms with Crippen LogP contribution in [-0.4, -0.2) is 36.5 Å². The molecule has 0 aliphatic heterocycles. The SMILES string of the molecule is COc1cc(-c2cc3ncc(-c4cn[nH]c4)cc3o2)cc(OC)c1OC. The highest BCUT2D eigenvalue weighted by atomic mass is 16.5. The smallest absolute Gasteiger partial charge is 0.203 e. The number of hydrogen-bond donors (Lipinski definition) is 1. The number of H-pyrrole nitrogens is 1. The van der Waals surface area contributed by atoms with Crippen LogP contribution in [0.1, 0.15) is 0 Å². The van der Waals surface area contributed by atoms with Crippen LogP contribution in [0.5, 0.6) is 17.2 Å². The normalized spacial score (nSPS) is 10.9. The fraction of sp³-hybridized carbons (Fsp3) is 0.158. The molecule has 4 rings (SSSR count). The average Bonchev–Trinajstić information content (AvgIpc) is 3.35. The van der Waals surface area contributed by atoms with Crippen LogP contribution in [-0.2, 0) is 0 Å². The zero-order valence-electron chi connectivity index (χ0n) is 14.6. The van der Waals surface area contributed by atoms with Crippen molar-refractivity contribution in [2.75, 3.05) is 21.3 Å². The number of nitrogens with one attached hydrogen (secondary N) is 1. The van der Waals surface area contributed by atoms with E-state index in [1.54, 1.807) is 33.7 Å². The number of hydrogen-bond acceptors (Lipinski definition) is 6. The summed E-state index contributed by atoms with van der Waals surface area (Å²) in [6.45, 7) is 0. The Balaban J connectivity index is 1.81. The van der Waals surface area contributed by atoms with E-state index in [4.69, 9.17) is 18.6 Å². The predicted octanol–water partition coefficient (Wildman–Crippen LogP) is 3.91. The van der Waals surface area contributed by atoms with Crippen molar-refractivity contribution >= 4 is 11.1 Å². The Labute approximate surface area is 149 Å². The monoisotopic (exact) mass is 351 g/mol. The summed E-state index contributed by atoms with van der Waals surface area (Å²) in [4.78, 5) is 4.48. The fourth-order valence-electron chi connectivity index (χ4n) is 2.85.